The number of carbonyl (C=O) groups is 1. The molecule has 34 heavy (non-hydrogen) atoms. The summed E-state index contributed by atoms with van der Waals surface area (Å²) in [5, 5.41) is 10.4. The number of rotatable bonds is 6. The second kappa shape index (κ2) is 9.96. The Morgan fingerprint density at radius 2 is 1.82 bits per heavy atom. The van der Waals surface area contributed by atoms with Crippen molar-refractivity contribution < 1.29 is 23.7 Å². The van der Waals surface area contributed by atoms with Gasteiger partial charge in [-0.25, -0.2) is 4.79 Å². The summed E-state index contributed by atoms with van der Waals surface area (Å²) in [7, 11) is 1.58. The van der Waals surface area contributed by atoms with Crippen molar-refractivity contribution in [1.29, 1.82) is 5.26 Å². The van der Waals surface area contributed by atoms with E-state index in [4.69, 9.17) is 47.9 Å². The number of fused-ring (bicyclic) bond motifs is 1. The van der Waals surface area contributed by atoms with Crippen LogP contribution in [-0.4, -0.2) is 19.7 Å². The number of allylic oxidation sites excluding steroid dienone is 1. The van der Waals surface area contributed by atoms with Gasteiger partial charge in [0.15, 0.2) is 6.61 Å². The highest BCUT2D eigenvalue weighted by atomic mass is 35.5. The largest absolute Gasteiger partial charge is 0.497 e. The summed E-state index contributed by atoms with van der Waals surface area (Å²) in [6, 6.07) is 19.0. The molecule has 4 rings (SSSR count). The lowest BCUT2D eigenvalue weighted by Crippen LogP contribution is -2.21. The van der Waals surface area contributed by atoms with Crippen molar-refractivity contribution in [2.75, 3.05) is 13.7 Å². The van der Waals surface area contributed by atoms with Gasteiger partial charge in [0, 0.05) is 16.7 Å². The fourth-order valence-electron chi connectivity index (χ4n) is 3.53. The lowest BCUT2D eigenvalue weighted by atomic mass is 9.83. The van der Waals surface area contributed by atoms with Crippen LogP contribution in [0.15, 0.2) is 72.1 Å². The minimum absolute atomic E-state index is 0.0139. The van der Waals surface area contributed by atoms with Gasteiger partial charge in [0.25, 0.3) is 0 Å². The second-order valence-corrected chi connectivity index (χ2v) is 8.08. The molecular formula is C25H18Cl2N2O5. The number of methoxy groups -OCH3 is 1. The molecule has 0 aliphatic carbocycles. The highest BCUT2D eigenvalue weighted by Crippen LogP contribution is 2.43. The molecule has 0 saturated carbocycles. The molecule has 0 saturated heterocycles. The van der Waals surface area contributed by atoms with Crippen LogP contribution in [0.2, 0.25) is 10.0 Å². The van der Waals surface area contributed by atoms with Crippen LogP contribution < -0.4 is 24.7 Å². The summed E-state index contributed by atoms with van der Waals surface area (Å²) >= 11 is 11.9. The molecule has 0 bridgehead atoms. The number of carbonyl (C=O) groups excluding carboxylic acids is 1. The Kier molecular flexibility index (Phi) is 6.82. The van der Waals surface area contributed by atoms with E-state index in [-0.39, 0.29) is 28.8 Å². The molecule has 2 N–H and O–H groups in total. The molecule has 7 nitrogen and oxygen atoms in total. The van der Waals surface area contributed by atoms with Crippen LogP contribution in [0, 0.1) is 11.3 Å². The quantitative estimate of drug-likeness (QED) is 0.369. The summed E-state index contributed by atoms with van der Waals surface area (Å²) in [6.45, 7) is -0.367. The van der Waals surface area contributed by atoms with Crippen molar-refractivity contribution >= 4 is 29.2 Å². The third-order valence-corrected chi connectivity index (χ3v) is 5.64. The fourth-order valence-corrected chi connectivity index (χ4v) is 3.99. The van der Waals surface area contributed by atoms with Crippen LogP contribution in [-0.2, 0) is 4.79 Å². The van der Waals surface area contributed by atoms with Crippen molar-refractivity contribution in [2.24, 2.45) is 5.73 Å². The van der Waals surface area contributed by atoms with Gasteiger partial charge in [-0.05, 0) is 42.0 Å². The molecule has 0 fully saturated rings. The number of nitrogens with zero attached hydrogens (tertiary/aromatic N) is 1. The first-order chi connectivity index (χ1) is 16.4. The van der Waals surface area contributed by atoms with Crippen molar-refractivity contribution in [3.8, 4) is 29.1 Å². The van der Waals surface area contributed by atoms with Crippen molar-refractivity contribution in [2.45, 2.75) is 5.92 Å². The first kappa shape index (κ1) is 23.3. The van der Waals surface area contributed by atoms with Gasteiger partial charge in [-0.3, -0.25) is 0 Å². The van der Waals surface area contributed by atoms with Gasteiger partial charge in [-0.2, -0.15) is 5.26 Å². The standard InChI is InChI=1S/C25H18Cl2N2O5/c1-31-16-5-2-14(3-6-16)24-18-8-7-17(11-22(18)34-25(29)19(24)12-28)33-23(30)13-32-21-9-4-15(26)10-20(21)27/h2-11,24H,13,29H2,1H3. The molecule has 0 spiro atoms. The monoisotopic (exact) mass is 496 g/mol. The predicted molar refractivity (Wildman–Crippen MR) is 126 cm³/mol. The summed E-state index contributed by atoms with van der Waals surface area (Å²) in [5.41, 5.74) is 7.87. The zero-order valence-electron chi connectivity index (χ0n) is 17.9. The molecule has 0 aromatic heterocycles. The summed E-state index contributed by atoms with van der Waals surface area (Å²) in [4.78, 5) is 12.3. The Balaban J connectivity index is 1.53. The van der Waals surface area contributed by atoms with E-state index in [0.29, 0.717) is 27.8 Å². The van der Waals surface area contributed by atoms with Gasteiger partial charge in [-0.1, -0.05) is 41.4 Å². The maximum absolute atomic E-state index is 12.3. The molecule has 3 aromatic carbocycles. The number of ether oxygens (including phenoxy) is 4. The SMILES string of the molecule is COc1ccc(C2C(C#N)=C(N)Oc3cc(OC(=O)COc4ccc(Cl)cc4Cl)ccc32)cc1. The number of nitrogens with two attached hydrogens (primary N) is 1. The predicted octanol–water partition coefficient (Wildman–Crippen LogP) is 5.20. The van der Waals surface area contributed by atoms with Crippen molar-refractivity contribution in [1.82, 2.24) is 0 Å². The molecule has 0 amide bonds. The molecule has 0 radical (unpaired) electrons. The van der Waals surface area contributed by atoms with Gasteiger partial charge in [0.05, 0.1) is 18.1 Å². The lowest BCUT2D eigenvalue weighted by Gasteiger charge is -2.26. The number of esters is 1. The van der Waals surface area contributed by atoms with E-state index >= 15 is 0 Å². The van der Waals surface area contributed by atoms with Crippen LogP contribution in [0.25, 0.3) is 0 Å². The first-order valence-corrected chi connectivity index (χ1v) is 10.8. The molecule has 1 unspecified atom stereocenters. The smallest absolute Gasteiger partial charge is 0.349 e. The number of hydrogen-bond acceptors (Lipinski definition) is 7. The summed E-state index contributed by atoms with van der Waals surface area (Å²) in [6.07, 6.45) is 0. The minimum atomic E-state index is -0.644. The zero-order valence-corrected chi connectivity index (χ0v) is 19.4. The molecule has 172 valence electrons. The van der Waals surface area contributed by atoms with E-state index in [1.165, 1.54) is 6.07 Å². The van der Waals surface area contributed by atoms with E-state index < -0.39 is 11.9 Å². The Morgan fingerprint density at radius 3 is 2.50 bits per heavy atom. The highest BCUT2D eigenvalue weighted by Gasteiger charge is 2.31. The maximum atomic E-state index is 12.3. The number of nitriles is 1. The van der Waals surface area contributed by atoms with Gasteiger partial charge >= 0.3 is 5.97 Å². The summed E-state index contributed by atoms with van der Waals surface area (Å²) in [5.74, 6) is 0.506. The Bertz CT molecular complexity index is 1320. The average molecular weight is 497 g/mol. The zero-order chi connectivity index (χ0) is 24.2. The number of halogens is 2. The molecule has 1 aliphatic heterocycles. The number of hydrogen-bond donors (Lipinski definition) is 1. The maximum Gasteiger partial charge on any atom is 0.349 e. The van der Waals surface area contributed by atoms with Crippen LogP contribution >= 0.6 is 23.2 Å². The van der Waals surface area contributed by atoms with Crippen LogP contribution in [0.4, 0.5) is 0 Å². The Labute approximate surface area is 205 Å². The molecule has 9 heteroatoms. The van der Waals surface area contributed by atoms with Crippen LogP contribution in [0.1, 0.15) is 17.0 Å². The second-order valence-electron chi connectivity index (χ2n) is 7.24. The van der Waals surface area contributed by atoms with E-state index in [0.717, 1.165) is 5.56 Å². The molecule has 3 aromatic rings. The van der Waals surface area contributed by atoms with Gasteiger partial charge < -0.3 is 24.7 Å². The van der Waals surface area contributed by atoms with E-state index in [2.05, 4.69) is 6.07 Å². The van der Waals surface area contributed by atoms with Crippen LogP contribution in [0.5, 0.6) is 23.0 Å². The highest BCUT2D eigenvalue weighted by molar-refractivity contribution is 6.35. The summed E-state index contributed by atoms with van der Waals surface area (Å²) < 4.78 is 21.7. The van der Waals surface area contributed by atoms with E-state index in [1.54, 1.807) is 49.6 Å². The van der Waals surface area contributed by atoms with Gasteiger partial charge in [0.1, 0.15) is 34.6 Å². The van der Waals surface area contributed by atoms with E-state index in [9.17, 15) is 10.1 Å². The molecule has 1 atom stereocenters. The van der Waals surface area contributed by atoms with Gasteiger partial charge in [-0.15, -0.1) is 0 Å². The normalized spacial score (nSPS) is 14.5. The van der Waals surface area contributed by atoms with Crippen LogP contribution in [0.3, 0.4) is 0 Å². The molecular weight excluding hydrogens is 479 g/mol. The lowest BCUT2D eigenvalue weighted by molar-refractivity contribution is -0.136. The fraction of sp³-hybridized carbons (Fsp3) is 0.120. The minimum Gasteiger partial charge on any atom is -0.497 e. The number of benzene rings is 3. The third kappa shape index (κ3) is 4.88. The third-order valence-electron chi connectivity index (χ3n) is 5.11. The van der Waals surface area contributed by atoms with Crippen molar-refractivity contribution in [3.05, 3.63) is 93.3 Å². The molecule has 1 heterocycles. The molecule has 1 aliphatic rings. The Hall–Kier alpha value is -3.86. The van der Waals surface area contributed by atoms with Crippen molar-refractivity contribution in [3.63, 3.8) is 0 Å². The van der Waals surface area contributed by atoms with Gasteiger partial charge in [0.2, 0.25) is 5.88 Å². The van der Waals surface area contributed by atoms with E-state index in [1.807, 2.05) is 12.1 Å². The Morgan fingerprint density at radius 1 is 1.09 bits per heavy atom. The average Bonchev–Trinajstić information content (AvgIpc) is 2.82. The first-order valence-electron chi connectivity index (χ1n) is 10.0. The topological polar surface area (TPSA) is 104 Å².